The lowest BCUT2D eigenvalue weighted by Gasteiger charge is -2.23. The number of aliphatic hydroxyl groups is 1. The maximum atomic E-state index is 11.6. The quantitative estimate of drug-likeness (QED) is 0.728. The van der Waals surface area contributed by atoms with Crippen LogP contribution in [0, 0.1) is 0 Å². The summed E-state index contributed by atoms with van der Waals surface area (Å²) in [6.07, 6.45) is 4.97. The number of nitrogens with zero attached hydrogens (tertiary/aromatic N) is 1. The molecule has 2 N–H and O–H groups in total. The van der Waals surface area contributed by atoms with Crippen LogP contribution >= 0.6 is 0 Å². The fraction of sp³-hybridized carbons (Fsp3) is 0.833. The summed E-state index contributed by atoms with van der Waals surface area (Å²) >= 11 is 0. The van der Waals surface area contributed by atoms with Gasteiger partial charge in [-0.2, -0.15) is 0 Å². The molecule has 5 heteroatoms. The van der Waals surface area contributed by atoms with Crippen molar-refractivity contribution in [1.29, 1.82) is 0 Å². The molecule has 0 aromatic carbocycles. The molecule has 2 amide bonds. The Hall–Kier alpha value is -1.10. The molecule has 2 rings (SSSR count). The molecular formula is C12H20N2O3. The Morgan fingerprint density at radius 3 is 2.65 bits per heavy atom. The van der Waals surface area contributed by atoms with Gasteiger partial charge >= 0.3 is 0 Å². The monoisotopic (exact) mass is 240 g/mol. The van der Waals surface area contributed by atoms with E-state index in [0.29, 0.717) is 19.5 Å². The van der Waals surface area contributed by atoms with Crippen molar-refractivity contribution >= 4 is 11.8 Å². The molecule has 0 bridgehead atoms. The van der Waals surface area contributed by atoms with Crippen LogP contribution in [0.2, 0.25) is 0 Å². The van der Waals surface area contributed by atoms with Gasteiger partial charge in [0.2, 0.25) is 11.8 Å². The predicted molar refractivity (Wildman–Crippen MR) is 62.2 cm³/mol. The molecule has 0 radical (unpaired) electrons. The van der Waals surface area contributed by atoms with E-state index >= 15 is 0 Å². The Balaban J connectivity index is 1.72. The molecule has 1 heterocycles. The first-order valence-corrected chi connectivity index (χ1v) is 6.36. The Kier molecular flexibility index (Phi) is 3.66. The van der Waals surface area contributed by atoms with Gasteiger partial charge in [-0.15, -0.1) is 0 Å². The van der Waals surface area contributed by atoms with E-state index in [-0.39, 0.29) is 18.4 Å². The molecule has 0 aromatic heterocycles. The van der Waals surface area contributed by atoms with Crippen molar-refractivity contribution < 1.29 is 14.7 Å². The SMILES string of the molecule is O=C(CN1CCCC1=O)NCC1(O)CCCC1. The van der Waals surface area contributed by atoms with Gasteiger partial charge in [-0.3, -0.25) is 9.59 Å². The molecule has 1 saturated carbocycles. The van der Waals surface area contributed by atoms with Crippen LogP contribution in [-0.2, 0) is 9.59 Å². The van der Waals surface area contributed by atoms with E-state index in [9.17, 15) is 14.7 Å². The standard InChI is InChI=1S/C12H20N2O3/c15-10(8-14-7-3-4-11(14)16)13-9-12(17)5-1-2-6-12/h17H,1-9H2,(H,13,15). The number of carbonyl (C=O) groups excluding carboxylic acids is 2. The second-order valence-corrected chi connectivity index (χ2v) is 5.13. The summed E-state index contributed by atoms with van der Waals surface area (Å²) in [6, 6.07) is 0. The highest BCUT2D eigenvalue weighted by molar-refractivity contribution is 5.85. The number of hydrogen-bond donors (Lipinski definition) is 2. The van der Waals surface area contributed by atoms with Gasteiger partial charge in [0.15, 0.2) is 0 Å². The highest BCUT2D eigenvalue weighted by Crippen LogP contribution is 2.28. The van der Waals surface area contributed by atoms with Crippen molar-refractivity contribution in [2.45, 2.75) is 44.1 Å². The van der Waals surface area contributed by atoms with Crippen molar-refractivity contribution in [3.05, 3.63) is 0 Å². The number of nitrogens with one attached hydrogen (secondary N) is 1. The molecule has 1 saturated heterocycles. The highest BCUT2D eigenvalue weighted by Gasteiger charge is 2.31. The lowest BCUT2D eigenvalue weighted by Crippen LogP contribution is -2.45. The summed E-state index contributed by atoms with van der Waals surface area (Å²) in [6.45, 7) is 1.12. The summed E-state index contributed by atoms with van der Waals surface area (Å²) < 4.78 is 0. The van der Waals surface area contributed by atoms with Crippen LogP contribution in [0.15, 0.2) is 0 Å². The molecule has 0 atom stereocenters. The van der Waals surface area contributed by atoms with Crippen LogP contribution in [0.1, 0.15) is 38.5 Å². The zero-order valence-corrected chi connectivity index (χ0v) is 10.1. The zero-order chi connectivity index (χ0) is 12.3. The normalized spacial score (nSPS) is 23.1. The molecule has 0 spiro atoms. The van der Waals surface area contributed by atoms with E-state index in [0.717, 1.165) is 32.1 Å². The Bertz CT molecular complexity index is 311. The number of hydrogen-bond acceptors (Lipinski definition) is 3. The third-order valence-electron chi connectivity index (χ3n) is 3.65. The first-order chi connectivity index (χ1) is 8.09. The molecule has 2 fully saturated rings. The van der Waals surface area contributed by atoms with Crippen molar-refractivity contribution in [2.75, 3.05) is 19.6 Å². The molecule has 96 valence electrons. The summed E-state index contributed by atoms with van der Waals surface area (Å²) in [7, 11) is 0. The zero-order valence-electron chi connectivity index (χ0n) is 10.1. The second kappa shape index (κ2) is 5.04. The molecule has 1 aliphatic heterocycles. The van der Waals surface area contributed by atoms with Crippen LogP contribution in [0.25, 0.3) is 0 Å². The number of carbonyl (C=O) groups is 2. The lowest BCUT2D eigenvalue weighted by molar-refractivity contribution is -0.133. The maximum Gasteiger partial charge on any atom is 0.239 e. The first kappa shape index (κ1) is 12.4. The minimum Gasteiger partial charge on any atom is -0.388 e. The van der Waals surface area contributed by atoms with E-state index in [2.05, 4.69) is 5.32 Å². The largest absolute Gasteiger partial charge is 0.388 e. The van der Waals surface area contributed by atoms with Crippen molar-refractivity contribution in [2.24, 2.45) is 0 Å². The van der Waals surface area contributed by atoms with E-state index in [1.54, 1.807) is 4.90 Å². The van der Waals surface area contributed by atoms with Crippen molar-refractivity contribution in [3.63, 3.8) is 0 Å². The molecule has 1 aliphatic carbocycles. The minimum absolute atomic E-state index is 0.0553. The fourth-order valence-electron chi connectivity index (χ4n) is 2.57. The lowest BCUT2D eigenvalue weighted by atomic mass is 10.0. The predicted octanol–water partition coefficient (Wildman–Crippen LogP) is 0.0301. The number of likely N-dealkylation sites (tertiary alicyclic amines) is 1. The van der Waals surface area contributed by atoms with E-state index in [1.807, 2.05) is 0 Å². The molecule has 2 aliphatic rings. The third kappa shape index (κ3) is 3.19. The Morgan fingerprint density at radius 2 is 2.06 bits per heavy atom. The summed E-state index contributed by atoms with van der Waals surface area (Å²) in [5.41, 5.74) is -0.718. The first-order valence-electron chi connectivity index (χ1n) is 6.36. The average Bonchev–Trinajstić information content (AvgIpc) is 2.87. The maximum absolute atomic E-state index is 11.6. The summed E-state index contributed by atoms with van der Waals surface area (Å²) in [5.74, 6) is -0.111. The van der Waals surface area contributed by atoms with E-state index in [1.165, 1.54) is 0 Å². The topological polar surface area (TPSA) is 69.6 Å². The second-order valence-electron chi connectivity index (χ2n) is 5.13. The van der Waals surface area contributed by atoms with E-state index < -0.39 is 5.60 Å². The fourth-order valence-corrected chi connectivity index (χ4v) is 2.57. The third-order valence-corrected chi connectivity index (χ3v) is 3.65. The smallest absolute Gasteiger partial charge is 0.239 e. The number of amides is 2. The van der Waals surface area contributed by atoms with Gasteiger partial charge in [0.25, 0.3) is 0 Å². The Labute approximate surface area is 101 Å². The van der Waals surface area contributed by atoms with Crippen LogP contribution in [0.4, 0.5) is 0 Å². The van der Waals surface area contributed by atoms with Gasteiger partial charge in [-0.25, -0.2) is 0 Å². The Morgan fingerprint density at radius 1 is 1.35 bits per heavy atom. The molecule has 0 aromatic rings. The average molecular weight is 240 g/mol. The van der Waals surface area contributed by atoms with Crippen LogP contribution in [-0.4, -0.2) is 47.1 Å². The van der Waals surface area contributed by atoms with Crippen molar-refractivity contribution in [1.82, 2.24) is 10.2 Å². The van der Waals surface area contributed by atoms with Crippen LogP contribution in [0.3, 0.4) is 0 Å². The molecule has 17 heavy (non-hydrogen) atoms. The molecular weight excluding hydrogens is 220 g/mol. The van der Waals surface area contributed by atoms with Crippen LogP contribution < -0.4 is 5.32 Å². The van der Waals surface area contributed by atoms with Gasteiger partial charge in [0.05, 0.1) is 12.1 Å². The minimum atomic E-state index is -0.718. The van der Waals surface area contributed by atoms with Gasteiger partial charge < -0.3 is 15.3 Å². The van der Waals surface area contributed by atoms with Gasteiger partial charge in [0.1, 0.15) is 0 Å². The van der Waals surface area contributed by atoms with Gasteiger partial charge in [-0.1, -0.05) is 12.8 Å². The summed E-state index contributed by atoms with van der Waals surface area (Å²) in [5, 5.41) is 12.8. The van der Waals surface area contributed by atoms with Crippen LogP contribution in [0.5, 0.6) is 0 Å². The van der Waals surface area contributed by atoms with Crippen molar-refractivity contribution in [3.8, 4) is 0 Å². The number of rotatable bonds is 4. The summed E-state index contributed by atoms with van der Waals surface area (Å²) in [4.78, 5) is 24.5. The molecule has 5 nitrogen and oxygen atoms in total. The van der Waals surface area contributed by atoms with E-state index in [4.69, 9.17) is 0 Å². The van der Waals surface area contributed by atoms with Gasteiger partial charge in [-0.05, 0) is 19.3 Å². The highest BCUT2D eigenvalue weighted by atomic mass is 16.3. The van der Waals surface area contributed by atoms with Gasteiger partial charge in [0, 0.05) is 19.5 Å². The molecule has 0 unspecified atom stereocenters.